The fourth-order valence-electron chi connectivity index (χ4n) is 3.18. The number of piperidine rings is 1. The maximum atomic E-state index is 12.3. The summed E-state index contributed by atoms with van der Waals surface area (Å²) in [5, 5.41) is 3.16. The molecular weight excluding hydrogens is 284 g/mol. The molecule has 1 fully saturated rings. The zero-order valence-electron chi connectivity index (χ0n) is 15.4. The minimum atomic E-state index is 0.0720. The monoisotopic (exact) mass is 316 g/mol. The molecule has 0 aliphatic carbocycles. The highest BCUT2D eigenvalue weighted by molar-refractivity contribution is 5.76. The fourth-order valence-corrected chi connectivity index (χ4v) is 3.18. The predicted molar refractivity (Wildman–Crippen MR) is 96.5 cm³/mol. The van der Waals surface area contributed by atoms with Gasteiger partial charge in [0.1, 0.15) is 0 Å². The van der Waals surface area contributed by atoms with Crippen molar-refractivity contribution in [1.82, 2.24) is 10.2 Å². The normalized spacial score (nSPS) is 18.7. The quantitative estimate of drug-likeness (QED) is 0.914. The zero-order chi connectivity index (χ0) is 17.0. The molecule has 1 aromatic carbocycles. The average molecular weight is 316 g/mol. The Morgan fingerprint density at radius 1 is 1.22 bits per heavy atom. The van der Waals surface area contributed by atoms with Crippen LogP contribution in [0.2, 0.25) is 0 Å². The zero-order valence-corrected chi connectivity index (χ0v) is 15.4. The molecule has 1 aliphatic heterocycles. The van der Waals surface area contributed by atoms with Gasteiger partial charge in [0.05, 0.1) is 6.04 Å². The maximum absolute atomic E-state index is 12.3. The van der Waals surface area contributed by atoms with Crippen molar-refractivity contribution >= 4 is 5.91 Å². The molecule has 1 amide bonds. The largest absolute Gasteiger partial charge is 0.350 e. The van der Waals surface area contributed by atoms with Gasteiger partial charge in [-0.15, -0.1) is 0 Å². The summed E-state index contributed by atoms with van der Waals surface area (Å²) in [6, 6.07) is 8.70. The minimum absolute atomic E-state index is 0.0720. The Labute approximate surface area is 141 Å². The van der Waals surface area contributed by atoms with E-state index in [1.165, 1.54) is 11.1 Å². The van der Waals surface area contributed by atoms with E-state index in [1.54, 1.807) is 0 Å². The van der Waals surface area contributed by atoms with Crippen LogP contribution in [0.1, 0.15) is 64.1 Å². The number of rotatable bonds is 4. The summed E-state index contributed by atoms with van der Waals surface area (Å²) in [5.74, 6) is 0.730. The second-order valence-corrected chi connectivity index (χ2v) is 8.11. The molecular formula is C20H32N2O. The number of nitrogens with zero attached hydrogens (tertiary/aromatic N) is 1. The number of benzene rings is 1. The highest BCUT2D eigenvalue weighted by atomic mass is 16.1. The minimum Gasteiger partial charge on any atom is -0.350 e. The fraction of sp³-hybridized carbons (Fsp3) is 0.650. The van der Waals surface area contributed by atoms with E-state index in [0.717, 1.165) is 25.9 Å². The Hall–Kier alpha value is -1.35. The summed E-state index contributed by atoms with van der Waals surface area (Å²) >= 11 is 0. The smallest absolute Gasteiger partial charge is 0.220 e. The molecule has 0 unspecified atom stereocenters. The van der Waals surface area contributed by atoms with Gasteiger partial charge in [0, 0.05) is 6.42 Å². The molecule has 0 radical (unpaired) electrons. The molecule has 1 aromatic rings. The van der Waals surface area contributed by atoms with E-state index in [9.17, 15) is 4.79 Å². The van der Waals surface area contributed by atoms with Crippen molar-refractivity contribution in [2.75, 3.05) is 20.1 Å². The summed E-state index contributed by atoms with van der Waals surface area (Å²) in [6.45, 7) is 10.9. The van der Waals surface area contributed by atoms with Gasteiger partial charge in [-0.1, -0.05) is 45.0 Å². The van der Waals surface area contributed by atoms with Crippen molar-refractivity contribution in [3.63, 3.8) is 0 Å². The van der Waals surface area contributed by atoms with Crippen molar-refractivity contribution in [3.05, 3.63) is 35.4 Å². The summed E-state index contributed by atoms with van der Waals surface area (Å²) in [7, 11) is 2.15. The lowest BCUT2D eigenvalue weighted by Gasteiger charge is -2.28. The number of hydrogen-bond acceptors (Lipinski definition) is 2. The Kier molecular flexibility index (Phi) is 5.85. The SMILES string of the molecule is C[C@@H](NC(=O)CC1CCN(C)CC1)c1ccc(C(C)(C)C)cc1. The van der Waals surface area contributed by atoms with E-state index in [4.69, 9.17) is 0 Å². The topological polar surface area (TPSA) is 32.3 Å². The van der Waals surface area contributed by atoms with Crippen LogP contribution in [-0.2, 0) is 10.2 Å². The molecule has 1 heterocycles. The summed E-state index contributed by atoms with van der Waals surface area (Å²) in [6.07, 6.45) is 2.94. The third-order valence-electron chi connectivity index (χ3n) is 4.97. The first-order valence-corrected chi connectivity index (χ1v) is 8.84. The van der Waals surface area contributed by atoms with Gasteiger partial charge in [0.15, 0.2) is 0 Å². The molecule has 23 heavy (non-hydrogen) atoms. The molecule has 2 rings (SSSR count). The van der Waals surface area contributed by atoms with Gasteiger partial charge in [-0.05, 0) is 62.4 Å². The van der Waals surface area contributed by atoms with Crippen LogP contribution in [0.25, 0.3) is 0 Å². The van der Waals surface area contributed by atoms with Crippen LogP contribution >= 0.6 is 0 Å². The summed E-state index contributed by atoms with van der Waals surface area (Å²) in [4.78, 5) is 14.6. The van der Waals surface area contributed by atoms with Crippen LogP contribution in [-0.4, -0.2) is 30.9 Å². The van der Waals surface area contributed by atoms with Gasteiger partial charge in [0.2, 0.25) is 5.91 Å². The number of amides is 1. The van der Waals surface area contributed by atoms with Gasteiger partial charge in [-0.25, -0.2) is 0 Å². The Bertz CT molecular complexity index is 507. The van der Waals surface area contributed by atoms with Crippen molar-refractivity contribution in [1.29, 1.82) is 0 Å². The Morgan fingerprint density at radius 3 is 2.30 bits per heavy atom. The second-order valence-electron chi connectivity index (χ2n) is 8.11. The van der Waals surface area contributed by atoms with Gasteiger partial charge in [-0.3, -0.25) is 4.79 Å². The first-order valence-electron chi connectivity index (χ1n) is 8.84. The summed E-state index contributed by atoms with van der Waals surface area (Å²) in [5.41, 5.74) is 2.67. The van der Waals surface area contributed by atoms with Crippen molar-refractivity contribution in [3.8, 4) is 0 Å². The Balaban J connectivity index is 1.86. The summed E-state index contributed by atoms with van der Waals surface area (Å²) < 4.78 is 0. The van der Waals surface area contributed by atoms with E-state index < -0.39 is 0 Å². The van der Waals surface area contributed by atoms with E-state index in [0.29, 0.717) is 12.3 Å². The third-order valence-corrected chi connectivity index (χ3v) is 4.97. The molecule has 0 aromatic heterocycles. The van der Waals surface area contributed by atoms with Gasteiger partial charge < -0.3 is 10.2 Å². The number of carbonyl (C=O) groups excluding carboxylic acids is 1. The third kappa shape index (κ3) is 5.35. The first kappa shape index (κ1) is 18.0. The van der Waals surface area contributed by atoms with E-state index in [-0.39, 0.29) is 17.4 Å². The van der Waals surface area contributed by atoms with Crippen LogP contribution in [0.15, 0.2) is 24.3 Å². The number of hydrogen-bond donors (Lipinski definition) is 1. The van der Waals surface area contributed by atoms with Crippen LogP contribution in [0.5, 0.6) is 0 Å². The molecule has 1 saturated heterocycles. The van der Waals surface area contributed by atoms with Gasteiger partial charge >= 0.3 is 0 Å². The molecule has 1 atom stereocenters. The van der Waals surface area contributed by atoms with E-state index >= 15 is 0 Å². The first-order chi connectivity index (χ1) is 10.8. The molecule has 1 aliphatic rings. The second kappa shape index (κ2) is 7.48. The van der Waals surface area contributed by atoms with Crippen LogP contribution in [0.3, 0.4) is 0 Å². The lowest BCUT2D eigenvalue weighted by molar-refractivity contribution is -0.123. The van der Waals surface area contributed by atoms with Crippen molar-refractivity contribution in [2.24, 2.45) is 5.92 Å². The van der Waals surface area contributed by atoms with E-state index in [1.807, 2.05) is 0 Å². The van der Waals surface area contributed by atoms with Gasteiger partial charge in [0.25, 0.3) is 0 Å². The standard InChI is InChI=1S/C20H32N2O/c1-15(17-6-8-18(9-7-17)20(2,3)4)21-19(23)14-16-10-12-22(5)13-11-16/h6-9,15-16H,10-14H2,1-5H3,(H,21,23)/t15-/m1/s1. The molecule has 3 heteroatoms. The molecule has 128 valence electrons. The van der Waals surface area contributed by atoms with Gasteiger partial charge in [-0.2, -0.15) is 0 Å². The molecule has 0 bridgehead atoms. The molecule has 0 saturated carbocycles. The van der Waals surface area contributed by atoms with Crippen LogP contribution in [0.4, 0.5) is 0 Å². The molecule has 1 N–H and O–H groups in total. The van der Waals surface area contributed by atoms with Crippen LogP contribution < -0.4 is 5.32 Å². The lowest BCUT2D eigenvalue weighted by Crippen LogP contribution is -2.34. The number of nitrogens with one attached hydrogen (secondary N) is 1. The number of likely N-dealkylation sites (tertiary alicyclic amines) is 1. The molecule has 0 spiro atoms. The molecule has 3 nitrogen and oxygen atoms in total. The van der Waals surface area contributed by atoms with Crippen LogP contribution in [0, 0.1) is 5.92 Å². The van der Waals surface area contributed by atoms with Crippen molar-refractivity contribution < 1.29 is 4.79 Å². The predicted octanol–water partition coefficient (Wildman–Crippen LogP) is 3.89. The Morgan fingerprint density at radius 2 is 1.78 bits per heavy atom. The average Bonchev–Trinajstić information content (AvgIpc) is 2.49. The van der Waals surface area contributed by atoms with E-state index in [2.05, 4.69) is 69.2 Å². The highest BCUT2D eigenvalue weighted by Gasteiger charge is 2.20. The van der Waals surface area contributed by atoms with Crippen molar-refractivity contribution in [2.45, 2.75) is 58.4 Å². The number of carbonyl (C=O) groups is 1. The highest BCUT2D eigenvalue weighted by Crippen LogP contribution is 2.24. The lowest BCUT2D eigenvalue weighted by atomic mass is 9.86. The maximum Gasteiger partial charge on any atom is 0.220 e.